The lowest BCUT2D eigenvalue weighted by molar-refractivity contribution is 0.0366. The summed E-state index contributed by atoms with van der Waals surface area (Å²) in [5, 5.41) is 9.49. The lowest BCUT2D eigenvalue weighted by atomic mass is 9.71. The van der Waals surface area contributed by atoms with Crippen molar-refractivity contribution in [3.63, 3.8) is 0 Å². The molecule has 0 saturated heterocycles. The SMILES string of the molecule is CC1(C)CC(O)CC(CN)C1.Cl. The molecule has 0 spiro atoms. The van der Waals surface area contributed by atoms with Crippen LogP contribution in [0.3, 0.4) is 0 Å². The number of rotatable bonds is 1. The summed E-state index contributed by atoms with van der Waals surface area (Å²) in [6.07, 6.45) is 2.89. The first-order chi connectivity index (χ1) is 5.03. The number of aliphatic hydroxyl groups excluding tert-OH is 1. The third-order valence-electron chi connectivity index (χ3n) is 2.57. The molecule has 3 heteroatoms. The van der Waals surface area contributed by atoms with Gasteiger partial charge in [0.1, 0.15) is 0 Å². The normalized spacial score (nSPS) is 34.0. The van der Waals surface area contributed by atoms with Crippen LogP contribution in [0.25, 0.3) is 0 Å². The maximum Gasteiger partial charge on any atom is 0.0548 e. The molecular weight excluding hydrogens is 174 g/mol. The predicted octanol–water partition coefficient (Wildman–Crippen LogP) is 1.55. The summed E-state index contributed by atoms with van der Waals surface area (Å²) in [7, 11) is 0. The molecule has 74 valence electrons. The Kier molecular flexibility index (Phi) is 4.53. The van der Waals surface area contributed by atoms with Gasteiger partial charge in [0.05, 0.1) is 6.10 Å². The summed E-state index contributed by atoms with van der Waals surface area (Å²) in [4.78, 5) is 0. The minimum Gasteiger partial charge on any atom is -0.393 e. The lowest BCUT2D eigenvalue weighted by Crippen LogP contribution is -2.34. The average Bonchev–Trinajstić information content (AvgIpc) is 1.83. The van der Waals surface area contributed by atoms with E-state index in [1.165, 1.54) is 6.42 Å². The minimum absolute atomic E-state index is 0. The highest BCUT2D eigenvalue weighted by atomic mass is 35.5. The minimum atomic E-state index is -0.118. The van der Waals surface area contributed by atoms with Gasteiger partial charge in [0.15, 0.2) is 0 Å². The molecule has 0 aromatic heterocycles. The molecule has 1 rings (SSSR count). The Bertz CT molecular complexity index is 138. The summed E-state index contributed by atoms with van der Waals surface area (Å²) in [6.45, 7) is 5.14. The van der Waals surface area contributed by atoms with Gasteiger partial charge in [-0.1, -0.05) is 13.8 Å². The van der Waals surface area contributed by atoms with Crippen LogP contribution in [0.5, 0.6) is 0 Å². The van der Waals surface area contributed by atoms with E-state index in [2.05, 4.69) is 13.8 Å². The molecule has 1 fully saturated rings. The Labute approximate surface area is 80.9 Å². The van der Waals surface area contributed by atoms with Crippen molar-refractivity contribution in [3.8, 4) is 0 Å². The van der Waals surface area contributed by atoms with Crippen molar-refractivity contribution < 1.29 is 5.11 Å². The van der Waals surface area contributed by atoms with Crippen LogP contribution in [-0.2, 0) is 0 Å². The van der Waals surface area contributed by atoms with Gasteiger partial charge in [-0.15, -0.1) is 12.4 Å². The highest BCUT2D eigenvalue weighted by Gasteiger charge is 2.32. The largest absolute Gasteiger partial charge is 0.393 e. The molecule has 0 bridgehead atoms. The highest BCUT2D eigenvalue weighted by molar-refractivity contribution is 5.85. The molecule has 0 aromatic rings. The van der Waals surface area contributed by atoms with Gasteiger partial charge in [0.2, 0.25) is 0 Å². The predicted molar refractivity (Wildman–Crippen MR) is 53.4 cm³/mol. The Morgan fingerprint density at radius 3 is 2.42 bits per heavy atom. The highest BCUT2D eigenvalue weighted by Crippen LogP contribution is 2.38. The summed E-state index contributed by atoms with van der Waals surface area (Å²) >= 11 is 0. The van der Waals surface area contributed by atoms with Crippen molar-refractivity contribution in [2.45, 2.75) is 39.2 Å². The molecule has 1 aliphatic rings. The average molecular weight is 194 g/mol. The number of nitrogens with two attached hydrogens (primary N) is 1. The lowest BCUT2D eigenvalue weighted by Gasteiger charge is -2.37. The van der Waals surface area contributed by atoms with Crippen molar-refractivity contribution in [3.05, 3.63) is 0 Å². The molecule has 1 aliphatic carbocycles. The van der Waals surface area contributed by atoms with E-state index in [-0.39, 0.29) is 18.5 Å². The molecule has 2 unspecified atom stereocenters. The molecule has 0 radical (unpaired) electrons. The van der Waals surface area contributed by atoms with Crippen LogP contribution in [0.15, 0.2) is 0 Å². The molecule has 3 N–H and O–H groups in total. The Balaban J connectivity index is 0.00000121. The van der Waals surface area contributed by atoms with E-state index in [1.807, 2.05) is 0 Å². The van der Waals surface area contributed by atoms with E-state index in [4.69, 9.17) is 5.73 Å². The van der Waals surface area contributed by atoms with E-state index in [0.717, 1.165) is 19.4 Å². The standard InChI is InChI=1S/C9H19NO.ClH/c1-9(2)4-7(6-10)3-8(11)5-9;/h7-8,11H,3-6,10H2,1-2H3;1H. The number of hydrogen-bond donors (Lipinski definition) is 2. The fourth-order valence-corrected chi connectivity index (χ4v) is 2.23. The van der Waals surface area contributed by atoms with E-state index in [9.17, 15) is 5.11 Å². The molecule has 1 saturated carbocycles. The van der Waals surface area contributed by atoms with Crippen LogP contribution < -0.4 is 5.73 Å². The maximum absolute atomic E-state index is 9.49. The van der Waals surface area contributed by atoms with E-state index < -0.39 is 0 Å². The Morgan fingerprint density at radius 1 is 1.42 bits per heavy atom. The van der Waals surface area contributed by atoms with Gasteiger partial charge < -0.3 is 10.8 Å². The summed E-state index contributed by atoms with van der Waals surface area (Å²) in [5.41, 5.74) is 5.87. The van der Waals surface area contributed by atoms with Crippen LogP contribution in [-0.4, -0.2) is 17.8 Å². The zero-order valence-electron chi connectivity index (χ0n) is 7.92. The summed E-state index contributed by atoms with van der Waals surface area (Å²) < 4.78 is 0. The van der Waals surface area contributed by atoms with Crippen LogP contribution in [0.4, 0.5) is 0 Å². The van der Waals surface area contributed by atoms with Gasteiger partial charge in [-0.05, 0) is 37.1 Å². The van der Waals surface area contributed by atoms with Gasteiger partial charge in [-0.2, -0.15) is 0 Å². The molecule has 0 aliphatic heterocycles. The first kappa shape index (κ1) is 12.2. The van der Waals surface area contributed by atoms with E-state index >= 15 is 0 Å². The number of aliphatic hydroxyl groups is 1. The third kappa shape index (κ3) is 3.30. The van der Waals surface area contributed by atoms with Gasteiger partial charge in [-0.25, -0.2) is 0 Å². The molecule has 12 heavy (non-hydrogen) atoms. The van der Waals surface area contributed by atoms with Crippen molar-refractivity contribution >= 4 is 12.4 Å². The van der Waals surface area contributed by atoms with Crippen LogP contribution in [0.1, 0.15) is 33.1 Å². The van der Waals surface area contributed by atoms with E-state index in [1.54, 1.807) is 0 Å². The maximum atomic E-state index is 9.49. The fourth-order valence-electron chi connectivity index (χ4n) is 2.23. The van der Waals surface area contributed by atoms with Gasteiger partial charge in [-0.3, -0.25) is 0 Å². The van der Waals surface area contributed by atoms with E-state index in [0.29, 0.717) is 11.3 Å². The molecule has 0 aromatic carbocycles. The number of hydrogen-bond acceptors (Lipinski definition) is 2. The van der Waals surface area contributed by atoms with Gasteiger partial charge in [0.25, 0.3) is 0 Å². The molecular formula is C9H20ClNO. The van der Waals surface area contributed by atoms with Gasteiger partial charge >= 0.3 is 0 Å². The first-order valence-corrected chi connectivity index (χ1v) is 4.41. The van der Waals surface area contributed by atoms with Crippen LogP contribution in [0, 0.1) is 11.3 Å². The molecule has 0 amide bonds. The Morgan fingerprint density at radius 2 is 2.00 bits per heavy atom. The van der Waals surface area contributed by atoms with Crippen LogP contribution in [0.2, 0.25) is 0 Å². The quantitative estimate of drug-likeness (QED) is 0.664. The fraction of sp³-hybridized carbons (Fsp3) is 1.00. The molecule has 0 heterocycles. The third-order valence-corrected chi connectivity index (χ3v) is 2.57. The first-order valence-electron chi connectivity index (χ1n) is 4.41. The zero-order chi connectivity index (χ0) is 8.48. The monoisotopic (exact) mass is 193 g/mol. The van der Waals surface area contributed by atoms with Crippen molar-refractivity contribution in [2.24, 2.45) is 17.1 Å². The van der Waals surface area contributed by atoms with Crippen molar-refractivity contribution in [2.75, 3.05) is 6.54 Å². The van der Waals surface area contributed by atoms with Crippen LogP contribution >= 0.6 is 12.4 Å². The topological polar surface area (TPSA) is 46.2 Å². The summed E-state index contributed by atoms with van der Waals surface area (Å²) in [6, 6.07) is 0. The Hall–Kier alpha value is 0.210. The summed E-state index contributed by atoms with van der Waals surface area (Å²) in [5.74, 6) is 0.536. The number of halogens is 1. The van der Waals surface area contributed by atoms with Crippen molar-refractivity contribution in [1.82, 2.24) is 0 Å². The smallest absolute Gasteiger partial charge is 0.0548 e. The second-order valence-electron chi connectivity index (χ2n) is 4.56. The van der Waals surface area contributed by atoms with Gasteiger partial charge in [0, 0.05) is 0 Å². The second kappa shape index (κ2) is 4.45. The van der Waals surface area contributed by atoms with Crippen molar-refractivity contribution in [1.29, 1.82) is 0 Å². The second-order valence-corrected chi connectivity index (χ2v) is 4.56. The molecule has 2 atom stereocenters. The zero-order valence-corrected chi connectivity index (χ0v) is 8.73. The molecule has 2 nitrogen and oxygen atoms in total.